The van der Waals surface area contributed by atoms with E-state index in [-0.39, 0.29) is 5.69 Å². The summed E-state index contributed by atoms with van der Waals surface area (Å²) in [6.07, 6.45) is 3.43. The van der Waals surface area contributed by atoms with Gasteiger partial charge in [-0.25, -0.2) is 0 Å². The molecule has 3 amide bonds. The number of nitrogens with zero attached hydrogens (tertiary/aromatic N) is 5. The molecule has 0 radical (unpaired) electrons. The predicted octanol–water partition coefficient (Wildman–Crippen LogP) is 0.571. The number of amides is 3. The molecule has 2 unspecified atom stereocenters. The monoisotopic (exact) mass is 511 g/mol. The van der Waals surface area contributed by atoms with Crippen LogP contribution in [0.25, 0.3) is 0 Å². The van der Waals surface area contributed by atoms with Crippen LogP contribution < -0.4 is 5.30 Å². The van der Waals surface area contributed by atoms with Crippen molar-refractivity contribution in [2.24, 2.45) is 0 Å². The molecule has 1 aliphatic heterocycles. The van der Waals surface area contributed by atoms with E-state index < -0.39 is 18.7 Å². The van der Waals surface area contributed by atoms with Crippen LogP contribution in [0, 0.1) is 10.1 Å². The third-order valence-corrected chi connectivity index (χ3v) is 7.70. The first-order chi connectivity index (χ1) is 16.9. The summed E-state index contributed by atoms with van der Waals surface area (Å²) in [6.45, 7) is 5.51. The molecule has 0 bridgehead atoms. The van der Waals surface area contributed by atoms with Gasteiger partial charge in [0.2, 0.25) is 19.2 Å². The van der Waals surface area contributed by atoms with Gasteiger partial charge in [0, 0.05) is 76.4 Å². The third kappa shape index (κ3) is 9.04. The molecule has 0 saturated carbocycles. The molecule has 0 spiro atoms. The lowest BCUT2D eigenvalue weighted by Crippen LogP contribution is -2.44. The molecule has 1 heterocycles. The first-order valence-corrected chi connectivity index (χ1v) is 13.1. The average molecular weight is 512 g/mol. The van der Waals surface area contributed by atoms with Crippen LogP contribution in [0.4, 0.5) is 5.69 Å². The van der Waals surface area contributed by atoms with Gasteiger partial charge < -0.3 is 24.0 Å². The highest BCUT2D eigenvalue weighted by molar-refractivity contribution is 7.54. The maximum Gasteiger partial charge on any atom is 0.269 e. The van der Waals surface area contributed by atoms with Crippen LogP contribution in [0.2, 0.25) is 0 Å². The quantitative estimate of drug-likeness (QED) is 0.203. The predicted molar refractivity (Wildman–Crippen MR) is 131 cm³/mol. The highest BCUT2D eigenvalue weighted by atomic mass is 31.1. The number of nitro benzene ring substituents is 1. The van der Waals surface area contributed by atoms with Gasteiger partial charge in [-0.15, -0.1) is 0 Å². The van der Waals surface area contributed by atoms with Gasteiger partial charge in [0.1, 0.15) is 7.80 Å². The fourth-order valence-electron chi connectivity index (χ4n) is 3.86. The van der Waals surface area contributed by atoms with Crippen molar-refractivity contribution in [3.63, 3.8) is 0 Å². The summed E-state index contributed by atoms with van der Waals surface area (Å²) in [4.78, 5) is 51.6. The summed E-state index contributed by atoms with van der Waals surface area (Å²) in [5.74, 6) is -0.761. The van der Waals surface area contributed by atoms with E-state index in [9.17, 15) is 29.1 Å². The second-order valence-electron chi connectivity index (χ2n) is 8.14. The number of non-ortho nitro benzene ring substituents is 1. The fraction of sp³-hybridized carbons (Fsp3) is 0.591. The summed E-state index contributed by atoms with van der Waals surface area (Å²) in [5, 5.41) is 11.4. The Bertz CT molecular complexity index is 857. The summed E-state index contributed by atoms with van der Waals surface area (Å²) in [6, 6.07) is 5.62. The minimum Gasteiger partial charge on any atom is -0.356 e. The minimum absolute atomic E-state index is 0.0847. The van der Waals surface area contributed by atoms with Crippen molar-refractivity contribution in [3.8, 4) is 0 Å². The van der Waals surface area contributed by atoms with Crippen LogP contribution in [0.15, 0.2) is 24.3 Å². The zero-order chi connectivity index (χ0) is 25.6. The Morgan fingerprint density at radius 3 is 1.83 bits per heavy atom. The van der Waals surface area contributed by atoms with E-state index >= 15 is 0 Å². The number of nitro groups is 1. The molecule has 2 rings (SSSR count). The Hall–Kier alpha value is -2.82. The molecule has 1 fully saturated rings. The molecular weight excluding hydrogens is 477 g/mol. The zero-order valence-electron chi connectivity index (χ0n) is 20.0. The van der Waals surface area contributed by atoms with Gasteiger partial charge in [-0.2, -0.15) is 0 Å². The Morgan fingerprint density at radius 1 is 0.886 bits per heavy atom. The average Bonchev–Trinajstić information content (AvgIpc) is 2.87. The molecular formula is C22H34N5O7P. The van der Waals surface area contributed by atoms with E-state index in [0.717, 1.165) is 19.2 Å². The van der Waals surface area contributed by atoms with Crippen molar-refractivity contribution in [2.45, 2.75) is 25.7 Å². The number of hydrogen-bond acceptors (Lipinski definition) is 8. The van der Waals surface area contributed by atoms with Gasteiger partial charge in [-0.1, -0.05) is 0 Å². The molecule has 1 aliphatic rings. The van der Waals surface area contributed by atoms with Crippen molar-refractivity contribution >= 4 is 38.0 Å². The maximum absolute atomic E-state index is 13.5. The van der Waals surface area contributed by atoms with Gasteiger partial charge in [-0.3, -0.25) is 29.4 Å². The highest BCUT2D eigenvalue weighted by Crippen LogP contribution is 2.32. The normalized spacial score (nSPS) is 18.8. The highest BCUT2D eigenvalue weighted by Gasteiger charge is 2.27. The summed E-state index contributed by atoms with van der Waals surface area (Å²) >= 11 is 0. The van der Waals surface area contributed by atoms with Crippen molar-refractivity contribution in [1.29, 1.82) is 0 Å². The van der Waals surface area contributed by atoms with Crippen molar-refractivity contribution in [3.05, 3.63) is 34.4 Å². The molecule has 0 aliphatic carbocycles. The third-order valence-electron chi connectivity index (χ3n) is 5.82. The van der Waals surface area contributed by atoms with Crippen molar-refractivity contribution < 1.29 is 28.6 Å². The van der Waals surface area contributed by atoms with Gasteiger partial charge in [-0.05, 0) is 31.9 Å². The van der Waals surface area contributed by atoms with E-state index in [1.165, 1.54) is 24.3 Å². The number of carbonyl (C=O) groups is 3. The molecule has 2 atom stereocenters. The number of hydrogen-bond donors (Lipinski definition) is 0. The maximum atomic E-state index is 13.5. The SMILES string of the molecule is CCOC(N1CCCN(C=O)CCN(C=O)CCCN(C=O)CC1)[PH](=O)c1ccc([N+](=O)[O-])cc1. The summed E-state index contributed by atoms with van der Waals surface area (Å²) in [5.41, 5.74) is -0.0847. The zero-order valence-corrected chi connectivity index (χ0v) is 21.0. The van der Waals surface area contributed by atoms with E-state index in [1.807, 2.05) is 4.90 Å². The Kier molecular flexibility index (Phi) is 12.4. The van der Waals surface area contributed by atoms with Crippen LogP contribution in [-0.4, -0.2) is 109 Å². The van der Waals surface area contributed by atoms with Crippen LogP contribution in [0.3, 0.4) is 0 Å². The lowest BCUT2D eigenvalue weighted by molar-refractivity contribution is -0.384. The van der Waals surface area contributed by atoms with Crippen molar-refractivity contribution in [2.75, 3.05) is 59.0 Å². The van der Waals surface area contributed by atoms with Gasteiger partial charge in [0.25, 0.3) is 5.69 Å². The number of rotatable bonds is 9. The Balaban J connectivity index is 2.22. The van der Waals surface area contributed by atoms with Crippen LogP contribution >= 0.6 is 7.80 Å². The van der Waals surface area contributed by atoms with Crippen LogP contribution in [-0.2, 0) is 23.7 Å². The van der Waals surface area contributed by atoms with E-state index in [4.69, 9.17) is 4.74 Å². The first-order valence-electron chi connectivity index (χ1n) is 11.7. The largest absolute Gasteiger partial charge is 0.356 e. The Labute approximate surface area is 205 Å². The van der Waals surface area contributed by atoms with E-state index in [0.29, 0.717) is 77.1 Å². The lowest BCUT2D eigenvalue weighted by Gasteiger charge is -2.33. The fourth-order valence-corrected chi connectivity index (χ4v) is 5.55. The number of benzene rings is 1. The second kappa shape index (κ2) is 15.2. The summed E-state index contributed by atoms with van der Waals surface area (Å²) < 4.78 is 19.4. The van der Waals surface area contributed by atoms with Gasteiger partial charge in [0.15, 0.2) is 5.97 Å². The molecule has 0 aromatic heterocycles. The van der Waals surface area contributed by atoms with E-state index in [1.54, 1.807) is 21.6 Å². The minimum atomic E-state index is -2.54. The first kappa shape index (κ1) is 28.4. The lowest BCUT2D eigenvalue weighted by atomic mass is 10.3. The van der Waals surface area contributed by atoms with E-state index in [2.05, 4.69) is 0 Å². The smallest absolute Gasteiger partial charge is 0.269 e. The summed E-state index contributed by atoms with van der Waals surface area (Å²) in [7, 11) is -2.54. The molecule has 12 nitrogen and oxygen atoms in total. The molecule has 1 aromatic rings. The van der Waals surface area contributed by atoms with Crippen LogP contribution in [0.5, 0.6) is 0 Å². The molecule has 194 valence electrons. The number of ether oxygens (including phenoxy) is 1. The molecule has 1 saturated heterocycles. The van der Waals surface area contributed by atoms with Crippen LogP contribution in [0.1, 0.15) is 19.8 Å². The second-order valence-corrected chi connectivity index (χ2v) is 9.94. The molecule has 35 heavy (non-hydrogen) atoms. The number of carbonyl (C=O) groups excluding carboxylic acids is 3. The molecule has 1 aromatic carbocycles. The molecule has 0 N–H and O–H groups in total. The topological polar surface area (TPSA) is 134 Å². The molecule has 13 heteroatoms. The van der Waals surface area contributed by atoms with Gasteiger partial charge in [0.05, 0.1) is 4.92 Å². The van der Waals surface area contributed by atoms with Gasteiger partial charge >= 0.3 is 0 Å². The Morgan fingerprint density at radius 2 is 1.37 bits per heavy atom. The van der Waals surface area contributed by atoms with Crippen molar-refractivity contribution in [1.82, 2.24) is 19.6 Å². The standard InChI is InChI=1S/C22H34N5O7P/c1-2-34-22(35(33)21-7-5-20(6-8-21)27(31)32)26-12-4-11-24(18-29)14-13-23(17-28)9-3-10-25(19-30)15-16-26/h5-8,17-19,22,35H,2-4,9-16H2,1H3.